The average Bonchev–Trinajstić information content (AvgIpc) is 2.62. The highest BCUT2D eigenvalue weighted by molar-refractivity contribution is 7.40. The van der Waals surface area contributed by atoms with Gasteiger partial charge >= 0.3 is 0 Å². The average molecular weight is 337 g/mol. The van der Waals surface area contributed by atoms with Gasteiger partial charge < -0.3 is 0 Å². The zero-order valence-corrected chi connectivity index (χ0v) is 15.3. The molecule has 0 fully saturated rings. The number of halogens is 1. The minimum absolute atomic E-state index is 0.497. The normalized spacial score (nSPS) is 11.7. The van der Waals surface area contributed by atoms with Gasteiger partial charge in [-0.15, -0.1) is 11.1 Å². The Morgan fingerprint density at radius 2 is 1.13 bits per heavy atom. The Balaban J connectivity index is 2.23. The Bertz CT molecular complexity index is 727. The molecule has 0 saturated heterocycles. The van der Waals surface area contributed by atoms with Crippen molar-refractivity contribution in [2.75, 3.05) is 0 Å². The van der Waals surface area contributed by atoms with Crippen molar-refractivity contribution in [1.29, 1.82) is 0 Å². The van der Waals surface area contributed by atoms with Gasteiger partial charge in [-0.1, -0.05) is 98.8 Å². The number of hydrogen-bond donors (Lipinski definition) is 0. The molecule has 0 aliphatic carbocycles. The summed E-state index contributed by atoms with van der Waals surface area (Å²) < 4.78 is 0. The van der Waals surface area contributed by atoms with Crippen LogP contribution in [0.15, 0.2) is 84.9 Å². The number of rotatable bonds is 4. The van der Waals surface area contributed by atoms with Gasteiger partial charge in [0.05, 0.1) is 0 Å². The first-order chi connectivity index (χ1) is 11.1. The number of benzene rings is 3. The molecule has 0 atom stereocenters. The fraction of sp³-hybridized carbons (Fsp3) is 0.143. The topological polar surface area (TPSA) is 0 Å². The Hall–Kier alpha value is -1.83. The molecule has 0 amide bonds. The molecule has 0 aromatic heterocycles. The second-order valence-electron chi connectivity index (χ2n) is 6.17. The summed E-state index contributed by atoms with van der Waals surface area (Å²) in [5, 5.41) is 3.71. The smallest absolute Gasteiger partial charge is 0.149 e. The lowest BCUT2D eigenvalue weighted by Crippen LogP contribution is -2.62. The van der Waals surface area contributed by atoms with E-state index in [1.807, 2.05) is 12.1 Å². The van der Waals surface area contributed by atoms with Crippen molar-refractivity contribution in [2.45, 2.75) is 19.8 Å². The Labute approximate surface area is 144 Å². The van der Waals surface area contributed by atoms with Crippen LogP contribution in [-0.2, 0) is 0 Å². The molecule has 0 bridgehead atoms. The predicted octanol–water partition coefficient (Wildman–Crippen LogP) is 4.02. The van der Waals surface area contributed by atoms with Gasteiger partial charge in [0, 0.05) is 0 Å². The summed E-state index contributed by atoms with van der Waals surface area (Å²) >= 11 is 7.43. The lowest BCUT2D eigenvalue weighted by Gasteiger charge is -2.27. The SMILES string of the molecule is CC(C)c1cccc([Si](Cl)(c2ccccc2)c2ccccc2)c1. The quantitative estimate of drug-likeness (QED) is 0.383. The summed E-state index contributed by atoms with van der Waals surface area (Å²) in [5.41, 5.74) is 1.34. The highest BCUT2D eigenvalue weighted by atomic mass is 35.6. The van der Waals surface area contributed by atoms with Gasteiger partial charge in [-0.05, 0) is 27.0 Å². The van der Waals surface area contributed by atoms with Crippen LogP contribution in [-0.4, -0.2) is 7.38 Å². The van der Waals surface area contributed by atoms with Crippen LogP contribution in [0, 0.1) is 0 Å². The third kappa shape index (κ3) is 3.12. The zero-order valence-electron chi connectivity index (χ0n) is 13.5. The summed E-state index contributed by atoms with van der Waals surface area (Å²) in [5.74, 6) is 0.497. The van der Waals surface area contributed by atoms with E-state index in [2.05, 4.69) is 86.6 Å². The summed E-state index contributed by atoms with van der Waals surface area (Å²) in [6.07, 6.45) is 0. The fourth-order valence-corrected chi connectivity index (χ4v) is 7.05. The first-order valence-corrected chi connectivity index (χ1v) is 11.0. The van der Waals surface area contributed by atoms with E-state index in [1.54, 1.807) is 0 Å². The van der Waals surface area contributed by atoms with Gasteiger partial charge in [0.15, 0.2) is 0 Å². The van der Waals surface area contributed by atoms with E-state index in [4.69, 9.17) is 11.1 Å². The summed E-state index contributed by atoms with van der Waals surface area (Å²) in [6.45, 7) is 4.45. The molecule has 0 saturated carbocycles. The molecule has 3 aromatic rings. The van der Waals surface area contributed by atoms with E-state index >= 15 is 0 Å². The molecule has 0 unspecified atom stereocenters. The molecule has 0 aliphatic heterocycles. The standard InChI is InChI=1S/C21H21ClSi/c1-17(2)18-10-9-15-21(16-18)23(22,19-11-5-3-6-12-19)20-13-7-4-8-14-20/h3-17H,1-2H3. The second kappa shape index (κ2) is 6.73. The molecule has 23 heavy (non-hydrogen) atoms. The van der Waals surface area contributed by atoms with Gasteiger partial charge in [0.1, 0.15) is 0 Å². The molecular weight excluding hydrogens is 316 g/mol. The molecule has 116 valence electrons. The minimum atomic E-state index is -2.48. The molecule has 0 aliphatic rings. The lowest BCUT2D eigenvalue weighted by molar-refractivity contribution is 0.868. The van der Waals surface area contributed by atoms with Crippen LogP contribution in [0.5, 0.6) is 0 Å². The third-order valence-corrected chi connectivity index (χ3v) is 9.62. The maximum Gasteiger partial charge on any atom is 0.247 e. The fourth-order valence-electron chi connectivity index (χ4n) is 2.95. The van der Waals surface area contributed by atoms with Gasteiger partial charge in [0.25, 0.3) is 0 Å². The summed E-state index contributed by atoms with van der Waals surface area (Å²) in [7, 11) is -2.48. The molecule has 2 heteroatoms. The molecule has 0 nitrogen and oxygen atoms in total. The maximum atomic E-state index is 7.43. The third-order valence-electron chi connectivity index (χ3n) is 4.29. The van der Waals surface area contributed by atoms with Crippen molar-refractivity contribution < 1.29 is 0 Å². The van der Waals surface area contributed by atoms with E-state index in [1.165, 1.54) is 21.1 Å². The first kappa shape index (κ1) is 16.0. The monoisotopic (exact) mass is 336 g/mol. The van der Waals surface area contributed by atoms with Gasteiger partial charge in [-0.2, -0.15) is 0 Å². The van der Waals surface area contributed by atoms with Crippen molar-refractivity contribution in [3.8, 4) is 0 Å². The van der Waals surface area contributed by atoms with E-state index in [-0.39, 0.29) is 0 Å². The predicted molar refractivity (Wildman–Crippen MR) is 104 cm³/mol. The van der Waals surface area contributed by atoms with Gasteiger partial charge in [-0.25, -0.2) is 0 Å². The number of hydrogen-bond acceptors (Lipinski definition) is 0. The molecular formula is C21H21ClSi. The van der Waals surface area contributed by atoms with E-state index in [0.29, 0.717) is 5.92 Å². The van der Waals surface area contributed by atoms with Crippen molar-refractivity contribution in [3.63, 3.8) is 0 Å². The van der Waals surface area contributed by atoms with Crippen molar-refractivity contribution in [2.24, 2.45) is 0 Å². The highest BCUT2D eigenvalue weighted by Crippen LogP contribution is 2.17. The van der Waals surface area contributed by atoms with Crippen LogP contribution in [0.3, 0.4) is 0 Å². The van der Waals surface area contributed by atoms with Gasteiger partial charge in [-0.3, -0.25) is 0 Å². The highest BCUT2D eigenvalue weighted by Gasteiger charge is 2.37. The van der Waals surface area contributed by atoms with Gasteiger partial charge in [0.2, 0.25) is 7.38 Å². The molecule has 3 aromatic carbocycles. The first-order valence-electron chi connectivity index (χ1n) is 8.03. The van der Waals surface area contributed by atoms with Crippen molar-refractivity contribution in [3.05, 3.63) is 90.5 Å². The van der Waals surface area contributed by atoms with E-state index in [9.17, 15) is 0 Å². The Kier molecular flexibility index (Phi) is 4.70. The van der Waals surface area contributed by atoms with Crippen LogP contribution >= 0.6 is 11.1 Å². The lowest BCUT2D eigenvalue weighted by atomic mass is 10.0. The second-order valence-corrected chi connectivity index (χ2v) is 10.9. The van der Waals surface area contributed by atoms with Crippen LogP contribution in [0.2, 0.25) is 0 Å². The van der Waals surface area contributed by atoms with Crippen molar-refractivity contribution in [1.82, 2.24) is 0 Å². The summed E-state index contributed by atoms with van der Waals surface area (Å²) in [4.78, 5) is 0. The Morgan fingerprint density at radius 3 is 1.61 bits per heavy atom. The zero-order chi connectivity index (χ0) is 16.3. The van der Waals surface area contributed by atoms with Crippen LogP contribution in [0.4, 0.5) is 0 Å². The van der Waals surface area contributed by atoms with Crippen molar-refractivity contribution >= 4 is 34.0 Å². The Morgan fingerprint density at radius 1 is 0.652 bits per heavy atom. The molecule has 0 radical (unpaired) electrons. The largest absolute Gasteiger partial charge is 0.247 e. The van der Waals surface area contributed by atoms with E-state index in [0.717, 1.165) is 0 Å². The molecule has 0 spiro atoms. The maximum absolute atomic E-state index is 7.43. The molecule has 0 heterocycles. The van der Waals surface area contributed by atoms with Crippen LogP contribution in [0.25, 0.3) is 0 Å². The molecule has 3 rings (SSSR count). The molecule has 0 N–H and O–H groups in total. The van der Waals surface area contributed by atoms with E-state index < -0.39 is 7.38 Å². The van der Waals surface area contributed by atoms with Crippen LogP contribution < -0.4 is 15.6 Å². The van der Waals surface area contributed by atoms with Crippen LogP contribution in [0.1, 0.15) is 25.3 Å². The minimum Gasteiger partial charge on any atom is -0.149 e. The summed E-state index contributed by atoms with van der Waals surface area (Å²) in [6, 6.07) is 29.9.